The molecule has 1 amide bonds. The number of hydrogen-bond donors (Lipinski definition) is 2. The van der Waals surface area contributed by atoms with Crippen LogP contribution in [0.25, 0.3) is 27.7 Å². The van der Waals surface area contributed by atoms with E-state index in [1.807, 2.05) is 13.0 Å². The summed E-state index contributed by atoms with van der Waals surface area (Å²) in [7, 11) is 0. The second-order valence-electron chi connectivity index (χ2n) is 8.59. The zero-order chi connectivity index (χ0) is 26.3. The van der Waals surface area contributed by atoms with Crippen molar-refractivity contribution in [2.75, 3.05) is 5.32 Å². The van der Waals surface area contributed by atoms with Gasteiger partial charge in [0.2, 0.25) is 0 Å². The van der Waals surface area contributed by atoms with Crippen molar-refractivity contribution in [3.63, 3.8) is 0 Å². The first-order valence-corrected chi connectivity index (χ1v) is 11.2. The standard InChI is InChI=1S/C27H20F3N5O2/c1-15-6-8-21(34-25(36)18-4-3-5-20(10-18)27(28,29)30)12-24(15)35-14-19(13-31-35)17-7-9-23-22(11-17)26(37)33-16(2)32-23/h3-14H,1-2H3,(H,34,36)(H,32,33,37). The first-order valence-electron chi connectivity index (χ1n) is 11.2. The average Bonchev–Trinajstić information content (AvgIpc) is 3.34. The fourth-order valence-electron chi connectivity index (χ4n) is 4.01. The Labute approximate surface area is 208 Å². The van der Waals surface area contributed by atoms with Gasteiger partial charge < -0.3 is 10.3 Å². The number of aryl methyl sites for hydroxylation is 2. The van der Waals surface area contributed by atoms with Gasteiger partial charge in [-0.3, -0.25) is 9.59 Å². The van der Waals surface area contributed by atoms with Crippen LogP contribution in [0, 0.1) is 13.8 Å². The molecule has 5 aromatic rings. The molecule has 5 rings (SSSR count). The number of hydrogen-bond acceptors (Lipinski definition) is 4. The van der Waals surface area contributed by atoms with Gasteiger partial charge in [0.15, 0.2) is 0 Å². The van der Waals surface area contributed by atoms with E-state index in [0.29, 0.717) is 28.1 Å². The highest BCUT2D eigenvalue weighted by molar-refractivity contribution is 6.04. The van der Waals surface area contributed by atoms with Crippen molar-refractivity contribution in [1.82, 2.24) is 19.7 Å². The van der Waals surface area contributed by atoms with Crippen LogP contribution in [0.3, 0.4) is 0 Å². The summed E-state index contributed by atoms with van der Waals surface area (Å²) in [5.41, 5.74) is 2.85. The molecule has 0 spiro atoms. The van der Waals surface area contributed by atoms with Crippen LogP contribution in [-0.2, 0) is 6.18 Å². The number of alkyl halides is 3. The minimum absolute atomic E-state index is 0.102. The monoisotopic (exact) mass is 503 g/mol. The van der Waals surface area contributed by atoms with Crippen molar-refractivity contribution in [2.24, 2.45) is 0 Å². The van der Waals surface area contributed by atoms with Crippen molar-refractivity contribution < 1.29 is 18.0 Å². The maximum atomic E-state index is 13.0. The van der Waals surface area contributed by atoms with Gasteiger partial charge in [-0.15, -0.1) is 0 Å². The Morgan fingerprint density at radius 2 is 1.81 bits per heavy atom. The van der Waals surface area contributed by atoms with Gasteiger partial charge >= 0.3 is 6.18 Å². The number of halogens is 3. The number of aromatic nitrogens is 4. The number of nitrogens with one attached hydrogen (secondary N) is 2. The fraction of sp³-hybridized carbons (Fsp3) is 0.111. The number of carbonyl (C=O) groups is 1. The smallest absolute Gasteiger partial charge is 0.322 e. The van der Waals surface area contributed by atoms with Crippen molar-refractivity contribution in [3.05, 3.63) is 106 Å². The lowest BCUT2D eigenvalue weighted by molar-refractivity contribution is -0.137. The minimum atomic E-state index is -4.54. The average molecular weight is 503 g/mol. The van der Waals surface area contributed by atoms with E-state index in [2.05, 4.69) is 20.4 Å². The number of nitrogens with zero attached hydrogens (tertiary/aromatic N) is 3. The largest absolute Gasteiger partial charge is 0.416 e. The summed E-state index contributed by atoms with van der Waals surface area (Å²) in [5, 5.41) is 7.55. The van der Waals surface area contributed by atoms with Crippen LogP contribution in [0.15, 0.2) is 77.9 Å². The molecular weight excluding hydrogens is 483 g/mol. The molecule has 0 saturated heterocycles. The number of carbonyl (C=O) groups excluding carboxylic acids is 1. The van der Waals surface area contributed by atoms with Gasteiger partial charge in [0, 0.05) is 23.0 Å². The van der Waals surface area contributed by atoms with Crippen LogP contribution in [0.1, 0.15) is 27.3 Å². The topological polar surface area (TPSA) is 92.7 Å². The van der Waals surface area contributed by atoms with E-state index in [0.717, 1.165) is 28.8 Å². The SMILES string of the molecule is Cc1nc2ccc(-c3cnn(-c4cc(NC(=O)c5cccc(C(F)(F)F)c5)ccc4C)c3)cc2c(=O)[nH]1. The van der Waals surface area contributed by atoms with Crippen LogP contribution in [0.4, 0.5) is 18.9 Å². The lowest BCUT2D eigenvalue weighted by Crippen LogP contribution is -2.14. The van der Waals surface area contributed by atoms with Crippen molar-refractivity contribution in [3.8, 4) is 16.8 Å². The molecule has 7 nitrogen and oxygen atoms in total. The molecule has 0 fully saturated rings. The van der Waals surface area contributed by atoms with Crippen LogP contribution in [-0.4, -0.2) is 25.7 Å². The van der Waals surface area contributed by atoms with E-state index >= 15 is 0 Å². The highest BCUT2D eigenvalue weighted by atomic mass is 19.4. The fourth-order valence-corrected chi connectivity index (χ4v) is 4.01. The number of H-pyrrole nitrogens is 1. The van der Waals surface area contributed by atoms with Crippen LogP contribution < -0.4 is 10.9 Å². The van der Waals surface area contributed by atoms with E-state index in [4.69, 9.17) is 0 Å². The Bertz CT molecular complexity index is 1720. The Balaban J connectivity index is 1.43. The van der Waals surface area contributed by atoms with Crippen molar-refractivity contribution in [1.29, 1.82) is 0 Å². The summed E-state index contributed by atoms with van der Waals surface area (Å²) in [5.74, 6) is -0.124. The molecule has 0 bridgehead atoms. The van der Waals surface area contributed by atoms with Crippen molar-refractivity contribution >= 4 is 22.5 Å². The molecule has 0 saturated carbocycles. The van der Waals surface area contributed by atoms with E-state index in [9.17, 15) is 22.8 Å². The second-order valence-corrected chi connectivity index (χ2v) is 8.59. The molecule has 37 heavy (non-hydrogen) atoms. The number of aromatic amines is 1. The molecule has 0 atom stereocenters. The summed E-state index contributed by atoms with van der Waals surface area (Å²) in [6.07, 6.45) is -1.10. The minimum Gasteiger partial charge on any atom is -0.322 e. The van der Waals surface area contributed by atoms with E-state index in [1.165, 1.54) is 12.1 Å². The van der Waals surface area contributed by atoms with Gasteiger partial charge in [0.25, 0.3) is 11.5 Å². The van der Waals surface area contributed by atoms with E-state index < -0.39 is 17.6 Å². The number of fused-ring (bicyclic) bond motifs is 1. The number of anilines is 1. The summed E-state index contributed by atoms with van der Waals surface area (Å²) < 4.78 is 40.7. The molecule has 0 unspecified atom stereocenters. The van der Waals surface area contributed by atoms with Gasteiger partial charge in [-0.1, -0.05) is 18.2 Å². The van der Waals surface area contributed by atoms with Crippen LogP contribution in [0.5, 0.6) is 0 Å². The highest BCUT2D eigenvalue weighted by Gasteiger charge is 2.30. The number of rotatable bonds is 4. The summed E-state index contributed by atoms with van der Waals surface area (Å²) >= 11 is 0. The predicted octanol–water partition coefficient (Wildman–Crippen LogP) is 5.66. The summed E-state index contributed by atoms with van der Waals surface area (Å²) in [6.45, 7) is 3.59. The lowest BCUT2D eigenvalue weighted by atomic mass is 10.1. The van der Waals surface area contributed by atoms with Gasteiger partial charge in [-0.2, -0.15) is 18.3 Å². The highest BCUT2D eigenvalue weighted by Crippen LogP contribution is 2.30. The molecular formula is C27H20F3N5O2. The van der Waals surface area contributed by atoms with Crippen molar-refractivity contribution in [2.45, 2.75) is 20.0 Å². The third-order valence-corrected chi connectivity index (χ3v) is 5.91. The molecule has 0 aliphatic carbocycles. The van der Waals surface area contributed by atoms with Gasteiger partial charge in [-0.05, 0) is 67.4 Å². The first kappa shape index (κ1) is 24.0. The summed E-state index contributed by atoms with van der Waals surface area (Å²) in [6, 6.07) is 14.8. The van der Waals surface area contributed by atoms with Gasteiger partial charge in [0.05, 0.1) is 28.4 Å². The van der Waals surface area contributed by atoms with Gasteiger partial charge in [-0.25, -0.2) is 9.67 Å². The molecule has 3 aromatic carbocycles. The third kappa shape index (κ3) is 4.86. The lowest BCUT2D eigenvalue weighted by Gasteiger charge is -2.12. The van der Waals surface area contributed by atoms with Gasteiger partial charge in [0.1, 0.15) is 5.82 Å². The molecule has 0 radical (unpaired) electrons. The molecule has 2 aromatic heterocycles. The quantitative estimate of drug-likeness (QED) is 0.331. The molecule has 186 valence electrons. The number of amides is 1. The normalized spacial score (nSPS) is 11.6. The summed E-state index contributed by atoms with van der Waals surface area (Å²) in [4.78, 5) is 32.0. The Hall–Kier alpha value is -4.73. The Morgan fingerprint density at radius 1 is 1.00 bits per heavy atom. The van der Waals surface area contributed by atoms with E-state index in [-0.39, 0.29) is 11.1 Å². The molecule has 10 heteroatoms. The molecule has 0 aliphatic heterocycles. The maximum Gasteiger partial charge on any atom is 0.416 e. The second kappa shape index (κ2) is 9.05. The van der Waals surface area contributed by atoms with E-state index in [1.54, 1.807) is 54.3 Å². The molecule has 0 aliphatic rings. The molecule has 2 heterocycles. The maximum absolute atomic E-state index is 13.0. The van der Waals surface area contributed by atoms with Crippen LogP contribution >= 0.6 is 0 Å². The third-order valence-electron chi connectivity index (χ3n) is 5.91. The zero-order valence-corrected chi connectivity index (χ0v) is 19.7. The van der Waals surface area contributed by atoms with Crippen LogP contribution in [0.2, 0.25) is 0 Å². The number of benzene rings is 3. The predicted molar refractivity (Wildman–Crippen MR) is 134 cm³/mol. The molecule has 2 N–H and O–H groups in total. The zero-order valence-electron chi connectivity index (χ0n) is 19.7. The first-order chi connectivity index (χ1) is 17.6. The Morgan fingerprint density at radius 3 is 2.59 bits per heavy atom. The Kier molecular flexibility index (Phi) is 5.87.